The minimum Gasteiger partial charge on any atom is -0.0654 e. The second kappa shape index (κ2) is 6.96. The smallest absolute Gasteiger partial charge is 0.0267 e. The highest BCUT2D eigenvalue weighted by Crippen LogP contribution is 2.55. The molecule has 2 unspecified atom stereocenters. The maximum absolute atomic E-state index is 2.37. The van der Waals surface area contributed by atoms with Crippen molar-refractivity contribution >= 4 is 0 Å². The fourth-order valence-corrected chi connectivity index (χ4v) is 5.06. The Kier molecular flexibility index (Phi) is 5.57. The van der Waals surface area contributed by atoms with Crippen LogP contribution < -0.4 is 0 Å². The zero-order valence-corrected chi connectivity index (χ0v) is 12.8. The molecule has 0 aromatic heterocycles. The lowest BCUT2D eigenvalue weighted by Gasteiger charge is -2.51. The Morgan fingerprint density at radius 2 is 1.44 bits per heavy atom. The van der Waals surface area contributed by atoms with Gasteiger partial charge in [-0.3, -0.25) is 0 Å². The van der Waals surface area contributed by atoms with Crippen LogP contribution in [0.15, 0.2) is 0 Å². The molecule has 0 heterocycles. The molecule has 0 saturated heterocycles. The molecule has 2 aliphatic carbocycles. The van der Waals surface area contributed by atoms with E-state index >= 15 is 0 Å². The average Bonchev–Trinajstić information content (AvgIpc) is 2.43. The second-order valence-corrected chi connectivity index (χ2v) is 7.11. The first-order valence-electron chi connectivity index (χ1n) is 8.82. The van der Waals surface area contributed by atoms with E-state index in [0.29, 0.717) is 0 Å². The van der Waals surface area contributed by atoms with Crippen LogP contribution in [-0.4, -0.2) is 0 Å². The van der Waals surface area contributed by atoms with E-state index in [2.05, 4.69) is 13.8 Å². The highest BCUT2D eigenvalue weighted by Gasteiger charge is 2.44. The number of unbranched alkanes of at least 4 members (excludes halogenated alkanes) is 2. The predicted octanol–water partition coefficient (Wildman–Crippen LogP) is 6.34. The van der Waals surface area contributed by atoms with E-state index in [9.17, 15) is 0 Å². The molecule has 2 fully saturated rings. The zero-order valence-electron chi connectivity index (χ0n) is 12.8. The summed E-state index contributed by atoms with van der Waals surface area (Å²) in [6.45, 7) is 4.74. The van der Waals surface area contributed by atoms with Gasteiger partial charge >= 0.3 is 0 Å². The van der Waals surface area contributed by atoms with Crippen molar-refractivity contribution in [2.45, 2.75) is 97.3 Å². The van der Waals surface area contributed by atoms with E-state index in [4.69, 9.17) is 0 Å². The summed E-state index contributed by atoms with van der Waals surface area (Å²) in [5, 5.41) is 0. The van der Waals surface area contributed by atoms with Crippen LogP contribution in [0.3, 0.4) is 0 Å². The van der Waals surface area contributed by atoms with Crippen LogP contribution in [0, 0.1) is 17.3 Å². The first-order valence-corrected chi connectivity index (χ1v) is 8.82. The molecule has 0 aliphatic heterocycles. The molecule has 0 amide bonds. The SMILES string of the molecule is CCCCC1(CCCC)CCCC2CCCCC21. The lowest BCUT2D eigenvalue weighted by atomic mass is 9.54. The van der Waals surface area contributed by atoms with Gasteiger partial charge in [0.1, 0.15) is 0 Å². The third-order valence-electron chi connectivity index (χ3n) is 6.00. The quantitative estimate of drug-likeness (QED) is 0.515. The van der Waals surface area contributed by atoms with Gasteiger partial charge in [0, 0.05) is 0 Å². The number of hydrogen-bond donors (Lipinski definition) is 0. The van der Waals surface area contributed by atoms with E-state index in [1.54, 1.807) is 38.5 Å². The largest absolute Gasteiger partial charge is 0.0654 e. The van der Waals surface area contributed by atoms with Gasteiger partial charge in [0.15, 0.2) is 0 Å². The summed E-state index contributed by atoms with van der Waals surface area (Å²) in [6.07, 6.45) is 19.7. The number of rotatable bonds is 6. The van der Waals surface area contributed by atoms with Crippen molar-refractivity contribution < 1.29 is 0 Å². The predicted molar refractivity (Wildman–Crippen MR) is 80.8 cm³/mol. The maximum Gasteiger partial charge on any atom is -0.0267 e. The fraction of sp³-hybridized carbons (Fsp3) is 1.00. The van der Waals surface area contributed by atoms with Gasteiger partial charge in [-0.25, -0.2) is 0 Å². The van der Waals surface area contributed by atoms with Gasteiger partial charge < -0.3 is 0 Å². The monoisotopic (exact) mass is 250 g/mol. The molecule has 106 valence electrons. The van der Waals surface area contributed by atoms with E-state index in [1.165, 1.54) is 44.9 Å². The van der Waals surface area contributed by atoms with Gasteiger partial charge in [-0.1, -0.05) is 71.6 Å². The molecule has 2 aliphatic rings. The molecule has 2 rings (SSSR count). The van der Waals surface area contributed by atoms with Gasteiger partial charge in [0.2, 0.25) is 0 Å². The van der Waals surface area contributed by atoms with Gasteiger partial charge in [-0.05, 0) is 42.9 Å². The molecule has 0 N–H and O–H groups in total. The lowest BCUT2D eigenvalue weighted by Crippen LogP contribution is -2.41. The Bertz CT molecular complexity index is 220. The van der Waals surface area contributed by atoms with Gasteiger partial charge in [-0.15, -0.1) is 0 Å². The molecule has 2 atom stereocenters. The summed E-state index contributed by atoms with van der Waals surface area (Å²) < 4.78 is 0. The van der Waals surface area contributed by atoms with E-state index in [-0.39, 0.29) is 0 Å². The van der Waals surface area contributed by atoms with Gasteiger partial charge in [0.25, 0.3) is 0 Å². The van der Waals surface area contributed by atoms with Crippen molar-refractivity contribution in [3.05, 3.63) is 0 Å². The molecule has 0 bridgehead atoms. The average molecular weight is 250 g/mol. The Labute approximate surface area is 115 Å². The van der Waals surface area contributed by atoms with Crippen molar-refractivity contribution in [2.24, 2.45) is 17.3 Å². The van der Waals surface area contributed by atoms with E-state index in [1.807, 2.05) is 0 Å². The number of fused-ring (bicyclic) bond motifs is 1. The lowest BCUT2D eigenvalue weighted by molar-refractivity contribution is -0.00596. The van der Waals surface area contributed by atoms with Crippen LogP contribution in [0.4, 0.5) is 0 Å². The van der Waals surface area contributed by atoms with Crippen LogP contribution in [-0.2, 0) is 0 Å². The van der Waals surface area contributed by atoms with Crippen LogP contribution >= 0.6 is 0 Å². The van der Waals surface area contributed by atoms with E-state index in [0.717, 1.165) is 17.3 Å². The summed E-state index contributed by atoms with van der Waals surface area (Å²) >= 11 is 0. The molecule has 0 spiro atoms. The molecule has 0 aromatic carbocycles. The highest BCUT2D eigenvalue weighted by atomic mass is 14.5. The standard InChI is InChI=1S/C18H34/c1-3-5-13-18(14-6-4-2)15-9-11-16-10-7-8-12-17(16)18/h16-17H,3-15H2,1-2H3. The third kappa shape index (κ3) is 3.11. The summed E-state index contributed by atoms with van der Waals surface area (Å²) in [6, 6.07) is 0. The maximum atomic E-state index is 2.37. The van der Waals surface area contributed by atoms with Crippen LogP contribution in [0.25, 0.3) is 0 Å². The molecular weight excluding hydrogens is 216 g/mol. The van der Waals surface area contributed by atoms with Crippen molar-refractivity contribution in [3.8, 4) is 0 Å². The van der Waals surface area contributed by atoms with Crippen molar-refractivity contribution in [1.82, 2.24) is 0 Å². The second-order valence-electron chi connectivity index (χ2n) is 7.11. The molecule has 0 aromatic rings. The third-order valence-corrected chi connectivity index (χ3v) is 6.00. The molecule has 0 radical (unpaired) electrons. The number of hydrogen-bond acceptors (Lipinski definition) is 0. The first-order chi connectivity index (χ1) is 8.82. The van der Waals surface area contributed by atoms with E-state index < -0.39 is 0 Å². The Hall–Kier alpha value is 0. The van der Waals surface area contributed by atoms with Crippen molar-refractivity contribution in [2.75, 3.05) is 0 Å². The fourth-order valence-electron chi connectivity index (χ4n) is 5.06. The summed E-state index contributed by atoms with van der Waals surface area (Å²) in [5.41, 5.74) is 0.773. The molecule has 0 nitrogen and oxygen atoms in total. The van der Waals surface area contributed by atoms with Crippen LogP contribution in [0.5, 0.6) is 0 Å². The highest BCUT2D eigenvalue weighted by molar-refractivity contribution is 4.95. The summed E-state index contributed by atoms with van der Waals surface area (Å²) in [5.74, 6) is 2.22. The molecule has 2 saturated carbocycles. The summed E-state index contributed by atoms with van der Waals surface area (Å²) in [4.78, 5) is 0. The van der Waals surface area contributed by atoms with Gasteiger partial charge in [0.05, 0.1) is 0 Å². The zero-order chi connectivity index (χ0) is 12.8. The summed E-state index contributed by atoms with van der Waals surface area (Å²) in [7, 11) is 0. The molecule has 0 heteroatoms. The minimum absolute atomic E-state index is 0.773. The Balaban J connectivity index is 2.08. The minimum atomic E-state index is 0.773. The first kappa shape index (κ1) is 14.4. The molecular formula is C18H34. The molecule has 18 heavy (non-hydrogen) atoms. The topological polar surface area (TPSA) is 0 Å². The normalized spacial score (nSPS) is 31.0. The Morgan fingerprint density at radius 3 is 2.11 bits per heavy atom. The van der Waals surface area contributed by atoms with Crippen LogP contribution in [0.1, 0.15) is 97.3 Å². The van der Waals surface area contributed by atoms with Crippen LogP contribution in [0.2, 0.25) is 0 Å². The Morgan fingerprint density at radius 1 is 0.833 bits per heavy atom. The van der Waals surface area contributed by atoms with Gasteiger partial charge in [-0.2, -0.15) is 0 Å². The van der Waals surface area contributed by atoms with Crippen molar-refractivity contribution in [1.29, 1.82) is 0 Å². The van der Waals surface area contributed by atoms with Crippen molar-refractivity contribution in [3.63, 3.8) is 0 Å².